The molecule has 0 radical (unpaired) electrons. The van der Waals surface area contributed by atoms with Crippen LogP contribution in [-0.4, -0.2) is 31.8 Å². The van der Waals surface area contributed by atoms with Gasteiger partial charge in [-0.15, -0.1) is 0 Å². The molecular formula is C22H23N5O. The van der Waals surface area contributed by atoms with Crippen molar-refractivity contribution in [2.24, 2.45) is 0 Å². The molecule has 0 fully saturated rings. The van der Waals surface area contributed by atoms with E-state index in [1.54, 1.807) is 0 Å². The first kappa shape index (κ1) is 18.0. The Bertz CT molecular complexity index is 1050. The van der Waals surface area contributed by atoms with Gasteiger partial charge in [0.2, 0.25) is 5.91 Å². The predicted octanol–water partition coefficient (Wildman–Crippen LogP) is 3.36. The summed E-state index contributed by atoms with van der Waals surface area (Å²) in [6, 6.07) is 18.0. The molecule has 1 amide bonds. The summed E-state index contributed by atoms with van der Waals surface area (Å²) in [5.41, 5.74) is 4.21. The maximum Gasteiger partial charge on any atom is 0.220 e. The summed E-state index contributed by atoms with van der Waals surface area (Å²) < 4.78 is 3.96. The van der Waals surface area contributed by atoms with Crippen LogP contribution in [0.2, 0.25) is 0 Å². The van der Waals surface area contributed by atoms with Gasteiger partial charge >= 0.3 is 0 Å². The lowest BCUT2D eigenvalue weighted by molar-refractivity contribution is -0.121. The number of rotatable bonds is 8. The standard InChI is InChI=1S/C22H23N5O/c28-22(12-11-18-15-25-27(16-18)19-7-2-1-3-8-19)23-13-6-14-26-17-24-20-9-4-5-10-21(20)26/h1-5,7-10,15-17H,6,11-14H2,(H,23,28). The number of hydrogen-bond donors (Lipinski definition) is 1. The van der Waals surface area contributed by atoms with Gasteiger partial charge in [0.15, 0.2) is 0 Å². The second kappa shape index (κ2) is 8.52. The molecule has 0 saturated carbocycles. The second-order valence-corrected chi connectivity index (χ2v) is 6.76. The van der Waals surface area contributed by atoms with Crippen LogP contribution in [0.25, 0.3) is 16.7 Å². The van der Waals surface area contributed by atoms with Crippen molar-refractivity contribution in [1.29, 1.82) is 0 Å². The molecule has 6 heteroatoms. The summed E-state index contributed by atoms with van der Waals surface area (Å²) in [6.45, 7) is 1.50. The van der Waals surface area contributed by atoms with Gasteiger partial charge in [0, 0.05) is 25.7 Å². The highest BCUT2D eigenvalue weighted by Crippen LogP contribution is 2.12. The Morgan fingerprint density at radius 2 is 1.86 bits per heavy atom. The number of carbonyl (C=O) groups is 1. The number of nitrogens with zero attached hydrogens (tertiary/aromatic N) is 4. The first-order chi connectivity index (χ1) is 13.8. The SMILES string of the molecule is O=C(CCc1cnn(-c2ccccc2)c1)NCCCn1cnc2ccccc21. The van der Waals surface area contributed by atoms with Crippen molar-refractivity contribution in [2.75, 3.05) is 6.54 Å². The maximum atomic E-state index is 12.1. The van der Waals surface area contributed by atoms with Gasteiger partial charge < -0.3 is 9.88 Å². The predicted molar refractivity (Wildman–Crippen MR) is 109 cm³/mol. The lowest BCUT2D eigenvalue weighted by Crippen LogP contribution is -2.25. The van der Waals surface area contributed by atoms with Crippen molar-refractivity contribution in [3.8, 4) is 5.69 Å². The fourth-order valence-corrected chi connectivity index (χ4v) is 3.22. The zero-order valence-electron chi connectivity index (χ0n) is 15.7. The van der Waals surface area contributed by atoms with Gasteiger partial charge in [0.25, 0.3) is 0 Å². The number of amides is 1. The Labute approximate surface area is 163 Å². The van der Waals surface area contributed by atoms with Crippen LogP contribution in [0.15, 0.2) is 73.3 Å². The molecular weight excluding hydrogens is 350 g/mol. The van der Waals surface area contributed by atoms with Crippen molar-refractivity contribution in [3.05, 3.63) is 78.9 Å². The van der Waals surface area contributed by atoms with Gasteiger partial charge in [0.1, 0.15) is 0 Å². The minimum Gasteiger partial charge on any atom is -0.356 e. The fraction of sp³-hybridized carbons (Fsp3) is 0.227. The van der Waals surface area contributed by atoms with E-state index in [1.807, 2.05) is 71.9 Å². The molecule has 0 atom stereocenters. The Morgan fingerprint density at radius 3 is 2.75 bits per heavy atom. The van der Waals surface area contributed by atoms with Crippen LogP contribution < -0.4 is 5.32 Å². The maximum absolute atomic E-state index is 12.1. The van der Waals surface area contributed by atoms with Crippen LogP contribution in [0.5, 0.6) is 0 Å². The minimum absolute atomic E-state index is 0.0722. The van der Waals surface area contributed by atoms with E-state index in [9.17, 15) is 4.79 Å². The lowest BCUT2D eigenvalue weighted by atomic mass is 10.2. The molecule has 6 nitrogen and oxygen atoms in total. The Kier molecular flexibility index (Phi) is 5.47. The number of nitrogens with one attached hydrogen (secondary N) is 1. The van der Waals surface area contributed by atoms with Crippen molar-refractivity contribution >= 4 is 16.9 Å². The first-order valence-electron chi connectivity index (χ1n) is 9.55. The van der Waals surface area contributed by atoms with Crippen LogP contribution in [-0.2, 0) is 17.8 Å². The molecule has 0 aliphatic heterocycles. The van der Waals surface area contributed by atoms with Crippen molar-refractivity contribution < 1.29 is 4.79 Å². The Balaban J connectivity index is 1.20. The van der Waals surface area contributed by atoms with Gasteiger partial charge in [0.05, 0.1) is 29.2 Å². The quantitative estimate of drug-likeness (QED) is 0.482. The number of imidazole rings is 1. The van der Waals surface area contributed by atoms with Crippen molar-refractivity contribution in [3.63, 3.8) is 0 Å². The number of benzene rings is 2. The normalized spacial score (nSPS) is 11.0. The van der Waals surface area contributed by atoms with Gasteiger partial charge in [-0.05, 0) is 42.7 Å². The zero-order valence-corrected chi connectivity index (χ0v) is 15.7. The van der Waals surface area contributed by atoms with Crippen LogP contribution >= 0.6 is 0 Å². The molecule has 4 aromatic rings. The number of carbonyl (C=O) groups excluding carboxylic acids is 1. The average molecular weight is 373 g/mol. The van der Waals surface area contributed by atoms with Crippen LogP contribution in [0.3, 0.4) is 0 Å². The Hall–Kier alpha value is -3.41. The van der Waals surface area contributed by atoms with E-state index in [4.69, 9.17) is 0 Å². The van der Waals surface area contributed by atoms with E-state index < -0.39 is 0 Å². The zero-order chi connectivity index (χ0) is 19.2. The molecule has 4 rings (SSSR count). The molecule has 0 spiro atoms. The molecule has 2 aromatic carbocycles. The third-order valence-corrected chi connectivity index (χ3v) is 4.72. The summed E-state index contributed by atoms with van der Waals surface area (Å²) in [4.78, 5) is 16.5. The number of fused-ring (bicyclic) bond motifs is 1. The van der Waals surface area contributed by atoms with E-state index >= 15 is 0 Å². The third kappa shape index (κ3) is 4.28. The highest BCUT2D eigenvalue weighted by molar-refractivity contribution is 5.76. The average Bonchev–Trinajstić information content (AvgIpc) is 3.38. The molecule has 28 heavy (non-hydrogen) atoms. The molecule has 0 saturated heterocycles. The van der Waals surface area contributed by atoms with Gasteiger partial charge in [-0.25, -0.2) is 9.67 Å². The van der Waals surface area contributed by atoms with E-state index in [1.165, 1.54) is 0 Å². The highest BCUT2D eigenvalue weighted by Gasteiger charge is 2.06. The molecule has 0 aliphatic rings. The van der Waals surface area contributed by atoms with E-state index in [-0.39, 0.29) is 5.91 Å². The number of para-hydroxylation sites is 3. The van der Waals surface area contributed by atoms with Gasteiger partial charge in [-0.1, -0.05) is 30.3 Å². The first-order valence-corrected chi connectivity index (χ1v) is 9.55. The Morgan fingerprint density at radius 1 is 1.04 bits per heavy atom. The van der Waals surface area contributed by atoms with Gasteiger partial charge in [-0.2, -0.15) is 5.10 Å². The molecule has 2 heterocycles. The monoisotopic (exact) mass is 373 g/mol. The summed E-state index contributed by atoms with van der Waals surface area (Å²) in [5, 5.41) is 7.37. The fourth-order valence-electron chi connectivity index (χ4n) is 3.22. The van der Waals surface area contributed by atoms with Crippen LogP contribution in [0.1, 0.15) is 18.4 Å². The summed E-state index contributed by atoms with van der Waals surface area (Å²) in [5.74, 6) is 0.0722. The van der Waals surface area contributed by atoms with E-state index in [0.29, 0.717) is 19.4 Å². The number of aryl methyl sites for hydroxylation is 2. The second-order valence-electron chi connectivity index (χ2n) is 6.76. The van der Waals surface area contributed by atoms with E-state index in [2.05, 4.69) is 26.0 Å². The minimum atomic E-state index is 0.0722. The van der Waals surface area contributed by atoms with Gasteiger partial charge in [-0.3, -0.25) is 4.79 Å². The largest absolute Gasteiger partial charge is 0.356 e. The summed E-state index contributed by atoms with van der Waals surface area (Å²) in [6.07, 6.45) is 7.69. The molecule has 0 unspecified atom stereocenters. The molecule has 0 bridgehead atoms. The molecule has 2 aromatic heterocycles. The number of hydrogen-bond acceptors (Lipinski definition) is 3. The molecule has 142 valence electrons. The lowest BCUT2D eigenvalue weighted by Gasteiger charge is -2.06. The number of aromatic nitrogens is 4. The third-order valence-electron chi connectivity index (χ3n) is 4.72. The smallest absolute Gasteiger partial charge is 0.220 e. The summed E-state index contributed by atoms with van der Waals surface area (Å²) >= 11 is 0. The van der Waals surface area contributed by atoms with Crippen LogP contribution in [0.4, 0.5) is 0 Å². The highest BCUT2D eigenvalue weighted by atomic mass is 16.1. The molecule has 0 aliphatic carbocycles. The van der Waals surface area contributed by atoms with Crippen molar-refractivity contribution in [2.45, 2.75) is 25.8 Å². The van der Waals surface area contributed by atoms with Crippen LogP contribution in [0, 0.1) is 0 Å². The van der Waals surface area contributed by atoms with E-state index in [0.717, 1.165) is 35.2 Å². The van der Waals surface area contributed by atoms with Crippen molar-refractivity contribution in [1.82, 2.24) is 24.6 Å². The topological polar surface area (TPSA) is 64.7 Å². The summed E-state index contributed by atoms with van der Waals surface area (Å²) in [7, 11) is 0. The molecule has 1 N–H and O–H groups in total.